The molecule has 2 heteroatoms. The second-order valence-corrected chi connectivity index (χ2v) is 1.88. The first kappa shape index (κ1) is 6.96. The van der Waals surface area contributed by atoms with Gasteiger partial charge >= 0.3 is 0 Å². The van der Waals surface area contributed by atoms with E-state index < -0.39 is 0 Å². The van der Waals surface area contributed by atoms with Crippen LogP contribution in [0.4, 0.5) is 5.69 Å². The molecule has 0 fully saturated rings. The highest BCUT2D eigenvalue weighted by Crippen LogP contribution is 2.07. The van der Waals surface area contributed by atoms with E-state index in [2.05, 4.69) is 4.99 Å². The molecule has 52 valence electrons. The van der Waals surface area contributed by atoms with Crippen LogP contribution in [0.1, 0.15) is 0 Å². The third-order valence-corrected chi connectivity index (χ3v) is 1.10. The Bertz CT molecular complexity index is 204. The monoisotopic (exact) mass is 134 g/mol. The van der Waals surface area contributed by atoms with Crippen LogP contribution in [0.5, 0.6) is 0 Å². The molecule has 0 unspecified atom stereocenters. The third kappa shape index (κ3) is 1.99. The molecule has 0 aliphatic carbocycles. The molecule has 0 heterocycles. The van der Waals surface area contributed by atoms with Gasteiger partial charge in [0.2, 0.25) is 0 Å². The Labute approximate surface area is 60.4 Å². The molecule has 0 aliphatic heterocycles. The molecule has 2 N–H and O–H groups in total. The highest BCUT2D eigenvalue weighted by atomic mass is 14.7. The largest absolute Gasteiger partial charge is 0.326 e. The van der Waals surface area contributed by atoms with Crippen molar-refractivity contribution in [2.45, 2.75) is 0 Å². The van der Waals surface area contributed by atoms with Crippen molar-refractivity contribution in [2.75, 3.05) is 6.54 Å². The zero-order valence-corrected chi connectivity index (χ0v) is 5.70. The number of hydrogen-bond acceptors (Lipinski definition) is 2. The standard InChI is InChI=1S/C8H10N2/c9-6-7-10-8-4-2-1-3-5-8/h1-5,7H,6,9H2. The summed E-state index contributed by atoms with van der Waals surface area (Å²) in [5, 5.41) is 0. The lowest BCUT2D eigenvalue weighted by Gasteiger charge is -1.88. The minimum absolute atomic E-state index is 0.495. The van der Waals surface area contributed by atoms with E-state index in [4.69, 9.17) is 5.73 Å². The molecular weight excluding hydrogens is 124 g/mol. The molecule has 0 radical (unpaired) electrons. The fourth-order valence-electron chi connectivity index (χ4n) is 0.672. The Hall–Kier alpha value is -1.15. The van der Waals surface area contributed by atoms with Crippen molar-refractivity contribution in [1.29, 1.82) is 0 Å². The van der Waals surface area contributed by atoms with Crippen LogP contribution in [0.2, 0.25) is 0 Å². The maximum Gasteiger partial charge on any atom is 0.0626 e. The Balaban J connectivity index is 2.67. The van der Waals surface area contributed by atoms with E-state index >= 15 is 0 Å². The molecule has 1 aromatic carbocycles. The van der Waals surface area contributed by atoms with Crippen LogP contribution in [0.25, 0.3) is 0 Å². The second kappa shape index (κ2) is 3.80. The zero-order chi connectivity index (χ0) is 7.23. The third-order valence-electron chi connectivity index (χ3n) is 1.10. The van der Waals surface area contributed by atoms with E-state index in [9.17, 15) is 0 Å². The van der Waals surface area contributed by atoms with Crippen molar-refractivity contribution in [3.05, 3.63) is 30.3 Å². The SMILES string of the molecule is NCC=Nc1ccccc1. The van der Waals surface area contributed by atoms with Gasteiger partial charge in [0.25, 0.3) is 0 Å². The molecule has 0 saturated carbocycles. The predicted octanol–water partition coefficient (Wildman–Crippen LogP) is 1.35. The second-order valence-electron chi connectivity index (χ2n) is 1.88. The van der Waals surface area contributed by atoms with Crippen LogP contribution in [0.3, 0.4) is 0 Å². The Morgan fingerprint density at radius 3 is 2.60 bits per heavy atom. The fourth-order valence-corrected chi connectivity index (χ4v) is 0.672. The summed E-state index contributed by atoms with van der Waals surface area (Å²) in [6.45, 7) is 0.495. The van der Waals surface area contributed by atoms with Gasteiger partial charge in [-0.1, -0.05) is 18.2 Å². The number of hydrogen-bond donors (Lipinski definition) is 1. The van der Waals surface area contributed by atoms with Crippen molar-refractivity contribution in [2.24, 2.45) is 10.7 Å². The minimum Gasteiger partial charge on any atom is -0.326 e. The zero-order valence-electron chi connectivity index (χ0n) is 5.70. The van der Waals surface area contributed by atoms with Gasteiger partial charge in [0, 0.05) is 12.8 Å². The lowest BCUT2D eigenvalue weighted by Crippen LogP contribution is -1.98. The van der Waals surface area contributed by atoms with Crippen molar-refractivity contribution < 1.29 is 0 Å². The molecule has 1 rings (SSSR count). The molecule has 2 nitrogen and oxygen atoms in total. The summed E-state index contributed by atoms with van der Waals surface area (Å²) in [4.78, 5) is 4.07. The maximum atomic E-state index is 5.23. The van der Waals surface area contributed by atoms with Crippen LogP contribution < -0.4 is 5.73 Å². The van der Waals surface area contributed by atoms with E-state index in [0.717, 1.165) is 5.69 Å². The average Bonchev–Trinajstić information content (AvgIpc) is 2.03. The van der Waals surface area contributed by atoms with Gasteiger partial charge in [0.15, 0.2) is 0 Å². The molecule has 1 aromatic rings. The molecule has 0 aliphatic rings. The first-order chi connectivity index (χ1) is 4.93. The van der Waals surface area contributed by atoms with Crippen LogP contribution in [0.15, 0.2) is 35.3 Å². The molecule has 0 amide bonds. The first-order valence-electron chi connectivity index (χ1n) is 3.21. The number of aliphatic imine (C=N–C) groups is 1. The van der Waals surface area contributed by atoms with Crippen molar-refractivity contribution in [1.82, 2.24) is 0 Å². The Kier molecular flexibility index (Phi) is 2.64. The smallest absolute Gasteiger partial charge is 0.0626 e. The maximum absolute atomic E-state index is 5.23. The van der Waals surface area contributed by atoms with Crippen LogP contribution in [-0.2, 0) is 0 Å². The van der Waals surface area contributed by atoms with Gasteiger partial charge in [-0.15, -0.1) is 0 Å². The van der Waals surface area contributed by atoms with E-state index in [0.29, 0.717) is 6.54 Å². The summed E-state index contributed by atoms with van der Waals surface area (Å²) in [5.41, 5.74) is 6.18. The number of benzene rings is 1. The Morgan fingerprint density at radius 1 is 1.30 bits per heavy atom. The first-order valence-corrected chi connectivity index (χ1v) is 3.21. The molecular formula is C8H10N2. The normalized spacial score (nSPS) is 10.5. The summed E-state index contributed by atoms with van der Waals surface area (Å²) in [6, 6.07) is 9.73. The summed E-state index contributed by atoms with van der Waals surface area (Å²) in [6.07, 6.45) is 1.69. The van der Waals surface area contributed by atoms with Crippen molar-refractivity contribution >= 4 is 11.9 Å². The fraction of sp³-hybridized carbons (Fsp3) is 0.125. The van der Waals surface area contributed by atoms with Gasteiger partial charge in [-0.25, -0.2) is 0 Å². The van der Waals surface area contributed by atoms with Crippen LogP contribution in [-0.4, -0.2) is 12.8 Å². The molecule has 0 aromatic heterocycles. The van der Waals surface area contributed by atoms with Crippen molar-refractivity contribution in [3.63, 3.8) is 0 Å². The number of nitrogens with zero attached hydrogens (tertiary/aromatic N) is 1. The number of nitrogens with two attached hydrogens (primary N) is 1. The van der Waals surface area contributed by atoms with Gasteiger partial charge < -0.3 is 5.73 Å². The molecule has 10 heavy (non-hydrogen) atoms. The topological polar surface area (TPSA) is 38.4 Å². The molecule has 0 saturated heterocycles. The van der Waals surface area contributed by atoms with Gasteiger partial charge in [-0.3, -0.25) is 4.99 Å². The summed E-state index contributed by atoms with van der Waals surface area (Å²) < 4.78 is 0. The van der Waals surface area contributed by atoms with Gasteiger partial charge in [0.05, 0.1) is 5.69 Å². The van der Waals surface area contributed by atoms with Crippen LogP contribution >= 0.6 is 0 Å². The van der Waals surface area contributed by atoms with Gasteiger partial charge in [0.1, 0.15) is 0 Å². The minimum atomic E-state index is 0.495. The molecule has 0 bridgehead atoms. The van der Waals surface area contributed by atoms with E-state index in [1.807, 2.05) is 30.3 Å². The van der Waals surface area contributed by atoms with E-state index in [1.54, 1.807) is 6.21 Å². The van der Waals surface area contributed by atoms with E-state index in [-0.39, 0.29) is 0 Å². The van der Waals surface area contributed by atoms with Gasteiger partial charge in [-0.05, 0) is 12.1 Å². The summed E-state index contributed by atoms with van der Waals surface area (Å²) >= 11 is 0. The van der Waals surface area contributed by atoms with Crippen LogP contribution in [0, 0.1) is 0 Å². The summed E-state index contributed by atoms with van der Waals surface area (Å²) in [5.74, 6) is 0. The number of para-hydroxylation sites is 1. The average molecular weight is 134 g/mol. The predicted molar refractivity (Wildman–Crippen MR) is 43.6 cm³/mol. The number of rotatable bonds is 2. The Morgan fingerprint density at radius 2 is 2.00 bits per heavy atom. The van der Waals surface area contributed by atoms with Gasteiger partial charge in [-0.2, -0.15) is 0 Å². The lowest BCUT2D eigenvalue weighted by atomic mass is 10.3. The summed E-state index contributed by atoms with van der Waals surface area (Å²) in [7, 11) is 0. The highest BCUT2D eigenvalue weighted by molar-refractivity contribution is 5.64. The highest BCUT2D eigenvalue weighted by Gasteiger charge is 1.79. The molecule has 0 atom stereocenters. The molecule has 0 spiro atoms. The van der Waals surface area contributed by atoms with E-state index in [1.165, 1.54) is 0 Å². The van der Waals surface area contributed by atoms with Crippen molar-refractivity contribution in [3.8, 4) is 0 Å². The lowest BCUT2D eigenvalue weighted by molar-refractivity contribution is 1.33. The quantitative estimate of drug-likeness (QED) is 0.609.